The van der Waals surface area contributed by atoms with Crippen LogP contribution in [0.1, 0.15) is 35.0 Å². The van der Waals surface area contributed by atoms with Crippen LogP contribution in [0.3, 0.4) is 0 Å². The molecule has 0 aliphatic carbocycles. The second-order valence-electron chi connectivity index (χ2n) is 6.87. The maximum atomic E-state index is 13.7. The first-order valence-electron chi connectivity index (χ1n) is 8.92. The van der Waals surface area contributed by atoms with Crippen molar-refractivity contribution in [2.75, 3.05) is 18.8 Å². The predicted molar refractivity (Wildman–Crippen MR) is 104 cm³/mol. The summed E-state index contributed by atoms with van der Waals surface area (Å²) in [4.78, 5) is 29.0. The average molecular weight is 419 g/mol. The van der Waals surface area contributed by atoms with E-state index >= 15 is 0 Å². The SMILES string of the molecule is Nc1c(C(=O)N2CCC(c3nc4cc(Cl)ccc4o3)CC2)cc(F)cc1[N+](=O)[O-]. The van der Waals surface area contributed by atoms with Gasteiger partial charge in [0.25, 0.3) is 11.6 Å². The van der Waals surface area contributed by atoms with E-state index < -0.39 is 22.3 Å². The van der Waals surface area contributed by atoms with Crippen LogP contribution in [-0.2, 0) is 0 Å². The summed E-state index contributed by atoms with van der Waals surface area (Å²) in [5.74, 6) is -0.818. The van der Waals surface area contributed by atoms with Gasteiger partial charge in [0.15, 0.2) is 11.5 Å². The number of amides is 1. The number of carbonyl (C=O) groups is 1. The molecule has 1 amide bonds. The van der Waals surface area contributed by atoms with E-state index in [0.717, 1.165) is 6.07 Å². The molecule has 4 rings (SSSR count). The number of nitro benzene ring substituents is 1. The molecule has 1 saturated heterocycles. The van der Waals surface area contributed by atoms with E-state index in [1.807, 2.05) is 0 Å². The summed E-state index contributed by atoms with van der Waals surface area (Å²) in [5, 5.41) is 11.6. The van der Waals surface area contributed by atoms with Gasteiger partial charge in [-0.3, -0.25) is 14.9 Å². The van der Waals surface area contributed by atoms with Gasteiger partial charge in [-0.25, -0.2) is 9.37 Å². The second kappa shape index (κ2) is 7.32. The fourth-order valence-electron chi connectivity index (χ4n) is 3.52. The minimum Gasteiger partial charge on any atom is -0.440 e. The van der Waals surface area contributed by atoms with Gasteiger partial charge in [0.1, 0.15) is 17.0 Å². The van der Waals surface area contributed by atoms with Crippen molar-refractivity contribution in [2.45, 2.75) is 18.8 Å². The number of hydrogen-bond acceptors (Lipinski definition) is 6. The quantitative estimate of drug-likeness (QED) is 0.388. The first-order valence-corrected chi connectivity index (χ1v) is 9.30. The molecular weight excluding hydrogens is 403 g/mol. The van der Waals surface area contributed by atoms with E-state index in [-0.39, 0.29) is 17.2 Å². The van der Waals surface area contributed by atoms with Gasteiger partial charge in [0, 0.05) is 24.0 Å². The maximum absolute atomic E-state index is 13.7. The number of benzene rings is 2. The third-order valence-electron chi connectivity index (χ3n) is 5.05. The molecule has 1 fully saturated rings. The highest BCUT2D eigenvalue weighted by Gasteiger charge is 2.30. The second-order valence-corrected chi connectivity index (χ2v) is 7.31. The molecule has 0 radical (unpaired) electrons. The van der Waals surface area contributed by atoms with Gasteiger partial charge in [0.2, 0.25) is 0 Å². The Kier molecular flexibility index (Phi) is 4.83. The van der Waals surface area contributed by atoms with Crippen LogP contribution in [-0.4, -0.2) is 33.8 Å². The highest BCUT2D eigenvalue weighted by molar-refractivity contribution is 6.31. The minimum absolute atomic E-state index is 0.0180. The Morgan fingerprint density at radius 3 is 2.72 bits per heavy atom. The number of nitro groups is 1. The standard InChI is InChI=1S/C19H16ClFN4O4/c20-11-1-2-16-14(7-11)23-18(29-16)10-3-5-24(6-4-10)19(26)13-8-12(21)9-15(17(13)22)25(27)28/h1-2,7-10H,3-6,22H2. The van der Waals surface area contributed by atoms with E-state index in [1.165, 1.54) is 4.90 Å². The molecule has 3 aromatic rings. The van der Waals surface area contributed by atoms with Gasteiger partial charge < -0.3 is 15.1 Å². The lowest BCUT2D eigenvalue weighted by Gasteiger charge is -2.30. The normalized spacial score (nSPS) is 15.0. The van der Waals surface area contributed by atoms with E-state index in [0.29, 0.717) is 54.0 Å². The Morgan fingerprint density at radius 2 is 2.03 bits per heavy atom. The van der Waals surface area contributed by atoms with Crippen molar-refractivity contribution in [3.05, 3.63) is 62.7 Å². The van der Waals surface area contributed by atoms with E-state index in [2.05, 4.69) is 4.98 Å². The average Bonchev–Trinajstić information content (AvgIpc) is 3.12. The molecule has 0 spiro atoms. The largest absolute Gasteiger partial charge is 0.440 e. The van der Waals surface area contributed by atoms with E-state index in [1.54, 1.807) is 18.2 Å². The van der Waals surface area contributed by atoms with Gasteiger partial charge >= 0.3 is 0 Å². The molecule has 2 N–H and O–H groups in total. The van der Waals surface area contributed by atoms with Crippen LogP contribution in [0.15, 0.2) is 34.7 Å². The van der Waals surface area contributed by atoms with Crippen LogP contribution in [0, 0.1) is 15.9 Å². The molecule has 0 atom stereocenters. The zero-order chi connectivity index (χ0) is 20.7. The van der Waals surface area contributed by atoms with Crippen LogP contribution >= 0.6 is 11.6 Å². The lowest BCUT2D eigenvalue weighted by Crippen LogP contribution is -2.38. The summed E-state index contributed by atoms with van der Waals surface area (Å²) in [7, 11) is 0. The molecule has 8 nitrogen and oxygen atoms in total. The summed E-state index contributed by atoms with van der Waals surface area (Å²) in [5.41, 5.74) is 5.90. The Morgan fingerprint density at radius 1 is 1.31 bits per heavy atom. The molecule has 29 heavy (non-hydrogen) atoms. The summed E-state index contributed by atoms with van der Waals surface area (Å²) in [6, 6.07) is 6.84. The van der Waals surface area contributed by atoms with E-state index in [4.69, 9.17) is 21.8 Å². The number of likely N-dealkylation sites (tertiary alicyclic amines) is 1. The molecule has 0 saturated carbocycles. The Hall–Kier alpha value is -3.20. The van der Waals surface area contributed by atoms with Crippen LogP contribution in [0.25, 0.3) is 11.1 Å². The van der Waals surface area contributed by atoms with Gasteiger partial charge in [-0.2, -0.15) is 0 Å². The molecule has 1 aliphatic rings. The van der Waals surface area contributed by atoms with Gasteiger partial charge in [-0.05, 0) is 37.1 Å². The van der Waals surface area contributed by atoms with Crippen LogP contribution < -0.4 is 5.73 Å². The molecule has 2 aromatic carbocycles. The Bertz CT molecular complexity index is 1120. The molecule has 1 aromatic heterocycles. The van der Waals surface area contributed by atoms with E-state index in [9.17, 15) is 19.3 Å². The topological polar surface area (TPSA) is 116 Å². The third kappa shape index (κ3) is 3.61. The van der Waals surface area contributed by atoms with Crippen molar-refractivity contribution in [3.8, 4) is 0 Å². The number of hydrogen-bond donors (Lipinski definition) is 1. The molecule has 0 bridgehead atoms. The van der Waals surface area contributed by atoms with Crippen LogP contribution in [0.4, 0.5) is 15.8 Å². The minimum atomic E-state index is -0.880. The summed E-state index contributed by atoms with van der Waals surface area (Å²) in [6.07, 6.45) is 1.17. The smallest absolute Gasteiger partial charge is 0.295 e. The zero-order valence-electron chi connectivity index (χ0n) is 15.1. The highest BCUT2D eigenvalue weighted by atomic mass is 35.5. The summed E-state index contributed by atoms with van der Waals surface area (Å²) < 4.78 is 19.5. The first kappa shape index (κ1) is 19.1. The van der Waals surface area contributed by atoms with Crippen molar-refractivity contribution in [1.82, 2.24) is 9.88 Å². The number of carbonyl (C=O) groups excluding carboxylic acids is 1. The number of halogens is 2. The van der Waals surface area contributed by atoms with Crippen molar-refractivity contribution in [2.24, 2.45) is 0 Å². The maximum Gasteiger partial charge on any atom is 0.295 e. The third-order valence-corrected chi connectivity index (χ3v) is 5.28. The lowest BCUT2D eigenvalue weighted by molar-refractivity contribution is -0.384. The number of oxazole rings is 1. The van der Waals surface area contributed by atoms with Crippen LogP contribution in [0.2, 0.25) is 5.02 Å². The molecule has 150 valence electrons. The number of nitrogen functional groups attached to an aromatic ring is 1. The lowest BCUT2D eigenvalue weighted by atomic mass is 9.96. The van der Waals surface area contributed by atoms with Crippen molar-refractivity contribution in [1.29, 1.82) is 0 Å². The molecule has 10 heteroatoms. The molecule has 2 heterocycles. The number of nitrogens with zero attached hydrogens (tertiary/aromatic N) is 3. The number of piperidine rings is 1. The number of aromatic nitrogens is 1. The highest BCUT2D eigenvalue weighted by Crippen LogP contribution is 2.33. The first-order chi connectivity index (χ1) is 13.8. The fourth-order valence-corrected chi connectivity index (χ4v) is 3.69. The van der Waals surface area contributed by atoms with Crippen molar-refractivity contribution >= 4 is 40.0 Å². The Balaban J connectivity index is 1.50. The predicted octanol–water partition coefficient (Wildman–Crippen LogP) is 4.13. The van der Waals surface area contributed by atoms with Crippen LogP contribution in [0.5, 0.6) is 0 Å². The molecule has 1 aliphatic heterocycles. The van der Waals surface area contributed by atoms with Gasteiger partial charge in [-0.1, -0.05) is 11.6 Å². The van der Waals surface area contributed by atoms with Gasteiger partial charge in [-0.15, -0.1) is 0 Å². The van der Waals surface area contributed by atoms with Crippen molar-refractivity contribution in [3.63, 3.8) is 0 Å². The summed E-state index contributed by atoms with van der Waals surface area (Å²) >= 11 is 5.98. The fraction of sp³-hybridized carbons (Fsp3) is 0.263. The number of nitrogens with two attached hydrogens (primary N) is 1. The monoisotopic (exact) mass is 418 g/mol. The van der Waals surface area contributed by atoms with Crippen molar-refractivity contribution < 1.29 is 18.5 Å². The van der Waals surface area contributed by atoms with Gasteiger partial charge in [0.05, 0.1) is 16.6 Å². The zero-order valence-corrected chi connectivity index (χ0v) is 15.9. The summed E-state index contributed by atoms with van der Waals surface area (Å²) in [6.45, 7) is 0.736. The molecule has 0 unspecified atom stereocenters. The molecular formula is C19H16ClFN4O4. The number of rotatable bonds is 3. The Labute approximate surface area is 169 Å². The number of anilines is 1. The number of fused-ring (bicyclic) bond motifs is 1.